The molecule has 9 heteroatoms. The second-order valence-electron chi connectivity index (χ2n) is 5.95. The van der Waals surface area contributed by atoms with Crippen molar-refractivity contribution in [2.45, 2.75) is 25.3 Å². The van der Waals surface area contributed by atoms with E-state index in [2.05, 4.69) is 15.5 Å². The summed E-state index contributed by atoms with van der Waals surface area (Å²) in [6.45, 7) is 2.54. The van der Waals surface area contributed by atoms with Crippen LogP contribution in [0.5, 0.6) is 0 Å². The number of piperidine rings is 1. The van der Waals surface area contributed by atoms with Crippen LogP contribution in [0.4, 0.5) is 0 Å². The number of carbonyl (C=O) groups is 2. The summed E-state index contributed by atoms with van der Waals surface area (Å²) in [5, 5.41) is 6.72. The molecule has 0 saturated carbocycles. The number of furan rings is 1. The van der Waals surface area contributed by atoms with E-state index in [-0.39, 0.29) is 30.4 Å². The van der Waals surface area contributed by atoms with Gasteiger partial charge in [-0.2, -0.15) is 4.98 Å². The second-order valence-corrected chi connectivity index (χ2v) is 5.95. The van der Waals surface area contributed by atoms with Gasteiger partial charge in [0, 0.05) is 20.2 Å². The Morgan fingerprint density at radius 1 is 1.48 bits per heavy atom. The third-order valence-corrected chi connectivity index (χ3v) is 4.15. The van der Waals surface area contributed by atoms with Crippen LogP contribution in [0.2, 0.25) is 0 Å². The molecular formula is C16H20N4O5. The van der Waals surface area contributed by atoms with Crippen molar-refractivity contribution in [1.29, 1.82) is 0 Å². The largest absolute Gasteiger partial charge is 0.472 e. The molecule has 1 N–H and O–H groups in total. The van der Waals surface area contributed by atoms with Crippen molar-refractivity contribution in [3.05, 3.63) is 35.9 Å². The van der Waals surface area contributed by atoms with Crippen LogP contribution in [0.25, 0.3) is 0 Å². The van der Waals surface area contributed by atoms with Crippen LogP contribution in [0.3, 0.4) is 0 Å². The topological polar surface area (TPSA) is 111 Å². The Morgan fingerprint density at radius 3 is 2.96 bits per heavy atom. The predicted octanol–water partition coefficient (Wildman–Crippen LogP) is 0.732. The van der Waals surface area contributed by atoms with Crippen LogP contribution in [0, 0.1) is 6.92 Å². The number of hydrogen-bond acceptors (Lipinski definition) is 7. The van der Waals surface area contributed by atoms with Crippen molar-refractivity contribution < 1.29 is 23.3 Å². The summed E-state index contributed by atoms with van der Waals surface area (Å²) in [5.41, 5.74) is 0.481. The summed E-state index contributed by atoms with van der Waals surface area (Å²) in [6, 6.07) is 1.28. The number of rotatable bonds is 5. The minimum absolute atomic E-state index is 0.0538. The lowest BCUT2D eigenvalue weighted by molar-refractivity contribution is -0.126. The van der Waals surface area contributed by atoms with Gasteiger partial charge in [0.2, 0.25) is 11.8 Å². The predicted molar refractivity (Wildman–Crippen MR) is 84.8 cm³/mol. The molecule has 0 aromatic carbocycles. The molecule has 2 aromatic heterocycles. The van der Waals surface area contributed by atoms with Crippen molar-refractivity contribution in [2.75, 3.05) is 26.8 Å². The molecule has 3 heterocycles. The van der Waals surface area contributed by atoms with Crippen LogP contribution >= 0.6 is 0 Å². The number of nitrogens with zero attached hydrogens (tertiary/aromatic N) is 3. The molecule has 1 aliphatic heterocycles. The minimum Gasteiger partial charge on any atom is -0.472 e. The fourth-order valence-electron chi connectivity index (χ4n) is 2.99. The molecular weight excluding hydrogens is 328 g/mol. The quantitative estimate of drug-likeness (QED) is 0.848. The summed E-state index contributed by atoms with van der Waals surface area (Å²) < 4.78 is 15.1. The van der Waals surface area contributed by atoms with Crippen molar-refractivity contribution in [1.82, 2.24) is 20.4 Å². The normalized spacial score (nSPS) is 20.5. The zero-order valence-corrected chi connectivity index (χ0v) is 14.1. The van der Waals surface area contributed by atoms with E-state index in [1.807, 2.05) is 0 Å². The van der Waals surface area contributed by atoms with E-state index in [0.29, 0.717) is 36.8 Å². The Morgan fingerprint density at radius 2 is 2.32 bits per heavy atom. The molecule has 3 rings (SSSR count). The van der Waals surface area contributed by atoms with E-state index >= 15 is 0 Å². The lowest BCUT2D eigenvalue weighted by atomic mass is 9.91. The molecule has 1 aliphatic rings. The summed E-state index contributed by atoms with van der Waals surface area (Å²) in [6.07, 6.45) is 3.47. The summed E-state index contributed by atoms with van der Waals surface area (Å²) in [4.78, 5) is 30.5. The van der Waals surface area contributed by atoms with Crippen molar-refractivity contribution in [3.8, 4) is 0 Å². The highest BCUT2D eigenvalue weighted by Gasteiger charge is 2.36. The number of methoxy groups -OCH3 is 1. The van der Waals surface area contributed by atoms with Crippen LogP contribution in [0.15, 0.2) is 27.5 Å². The zero-order chi connectivity index (χ0) is 17.8. The number of aromatic nitrogens is 2. The fraction of sp³-hybridized carbons (Fsp3) is 0.500. The minimum atomic E-state index is -0.341. The van der Waals surface area contributed by atoms with Gasteiger partial charge in [0.25, 0.3) is 5.91 Å². The van der Waals surface area contributed by atoms with Crippen LogP contribution < -0.4 is 5.32 Å². The molecule has 2 amide bonds. The monoisotopic (exact) mass is 348 g/mol. The molecule has 25 heavy (non-hydrogen) atoms. The van der Waals surface area contributed by atoms with Crippen molar-refractivity contribution >= 4 is 11.8 Å². The number of aryl methyl sites for hydroxylation is 1. The second kappa shape index (κ2) is 7.47. The Labute approximate surface area is 144 Å². The van der Waals surface area contributed by atoms with Crippen molar-refractivity contribution in [3.63, 3.8) is 0 Å². The molecule has 0 radical (unpaired) electrons. The Hall–Kier alpha value is -2.68. The van der Waals surface area contributed by atoms with Gasteiger partial charge in [-0.3, -0.25) is 9.59 Å². The number of likely N-dealkylation sites (tertiary alicyclic amines) is 1. The number of nitrogens with one attached hydrogen (secondary N) is 1. The molecule has 2 atom stereocenters. The number of ether oxygens (including phenoxy) is 1. The molecule has 134 valence electrons. The van der Waals surface area contributed by atoms with Crippen LogP contribution in [-0.4, -0.2) is 59.7 Å². The van der Waals surface area contributed by atoms with E-state index in [4.69, 9.17) is 13.7 Å². The first kappa shape index (κ1) is 17.2. The van der Waals surface area contributed by atoms with Gasteiger partial charge in [-0.05, 0) is 19.4 Å². The highest BCUT2D eigenvalue weighted by molar-refractivity contribution is 5.94. The zero-order valence-electron chi connectivity index (χ0n) is 14.1. The molecule has 1 fully saturated rings. The first-order valence-electron chi connectivity index (χ1n) is 7.98. The van der Waals surface area contributed by atoms with Gasteiger partial charge >= 0.3 is 0 Å². The first-order chi connectivity index (χ1) is 12.1. The molecule has 0 aliphatic carbocycles. The maximum Gasteiger partial charge on any atom is 0.257 e. The summed E-state index contributed by atoms with van der Waals surface area (Å²) in [7, 11) is 1.45. The van der Waals surface area contributed by atoms with Gasteiger partial charge in [0.1, 0.15) is 12.9 Å². The lowest BCUT2D eigenvalue weighted by Crippen LogP contribution is -2.53. The average Bonchev–Trinajstić information content (AvgIpc) is 3.26. The summed E-state index contributed by atoms with van der Waals surface area (Å²) >= 11 is 0. The standard InChI is InChI=1S/C16H20N4O5/c1-10-17-15(25-19-10)12-3-5-20(16(22)11-4-6-24-8-11)7-13(12)18-14(21)9-23-2/h4,6,8,12-13H,3,5,7,9H2,1-2H3,(H,18,21)/t12-,13+/m0/s1. The van der Waals surface area contributed by atoms with Crippen LogP contribution in [0.1, 0.15) is 34.4 Å². The van der Waals surface area contributed by atoms with Gasteiger partial charge < -0.3 is 23.9 Å². The number of carbonyl (C=O) groups excluding carboxylic acids is 2. The van der Waals surface area contributed by atoms with Gasteiger partial charge in [0.15, 0.2) is 5.82 Å². The van der Waals surface area contributed by atoms with Gasteiger partial charge in [-0.25, -0.2) is 0 Å². The molecule has 9 nitrogen and oxygen atoms in total. The third-order valence-electron chi connectivity index (χ3n) is 4.15. The molecule has 1 saturated heterocycles. The van der Waals surface area contributed by atoms with Crippen LogP contribution in [-0.2, 0) is 9.53 Å². The SMILES string of the molecule is COCC(=O)N[C@@H]1CN(C(=O)c2ccoc2)CC[C@@H]1c1nc(C)no1. The highest BCUT2D eigenvalue weighted by atomic mass is 16.5. The fourth-order valence-corrected chi connectivity index (χ4v) is 2.99. The van der Waals surface area contributed by atoms with Crippen molar-refractivity contribution in [2.24, 2.45) is 0 Å². The van der Waals surface area contributed by atoms with E-state index in [1.54, 1.807) is 17.9 Å². The molecule has 0 spiro atoms. The molecule has 0 unspecified atom stereocenters. The number of amides is 2. The number of hydrogen-bond donors (Lipinski definition) is 1. The van der Waals surface area contributed by atoms with Gasteiger partial charge in [-0.1, -0.05) is 5.16 Å². The first-order valence-corrected chi connectivity index (χ1v) is 7.98. The maximum absolute atomic E-state index is 12.5. The molecule has 2 aromatic rings. The maximum atomic E-state index is 12.5. The Bertz CT molecular complexity index is 727. The Balaban J connectivity index is 1.76. The van der Waals surface area contributed by atoms with E-state index in [1.165, 1.54) is 19.6 Å². The average molecular weight is 348 g/mol. The van der Waals surface area contributed by atoms with E-state index in [0.717, 1.165) is 0 Å². The van der Waals surface area contributed by atoms with E-state index < -0.39 is 0 Å². The highest BCUT2D eigenvalue weighted by Crippen LogP contribution is 2.28. The van der Waals surface area contributed by atoms with Gasteiger partial charge in [0.05, 0.1) is 23.8 Å². The third kappa shape index (κ3) is 3.87. The van der Waals surface area contributed by atoms with E-state index in [9.17, 15) is 9.59 Å². The molecule has 0 bridgehead atoms. The Kier molecular flexibility index (Phi) is 5.13. The smallest absolute Gasteiger partial charge is 0.257 e. The summed E-state index contributed by atoms with van der Waals surface area (Å²) in [5.74, 6) is 0.450. The van der Waals surface area contributed by atoms with Gasteiger partial charge in [-0.15, -0.1) is 0 Å². The lowest BCUT2D eigenvalue weighted by Gasteiger charge is -2.37.